The molecular formula is C15H11BrF2N2O2. The van der Waals surface area contributed by atoms with Crippen LogP contribution >= 0.6 is 15.9 Å². The molecule has 2 aromatic carbocycles. The first-order chi connectivity index (χ1) is 10.4. The molecule has 2 aromatic rings. The van der Waals surface area contributed by atoms with Crippen molar-refractivity contribution in [1.82, 2.24) is 5.32 Å². The fourth-order valence-electron chi connectivity index (χ4n) is 1.70. The molecule has 2 rings (SSSR count). The van der Waals surface area contributed by atoms with Gasteiger partial charge >= 0.3 is 0 Å². The van der Waals surface area contributed by atoms with Crippen LogP contribution in [-0.2, 0) is 4.79 Å². The van der Waals surface area contributed by atoms with Gasteiger partial charge in [0.1, 0.15) is 11.6 Å². The van der Waals surface area contributed by atoms with Gasteiger partial charge in [0.15, 0.2) is 0 Å². The number of halogens is 3. The summed E-state index contributed by atoms with van der Waals surface area (Å²) in [7, 11) is 0. The Bertz CT molecular complexity index is 685. The predicted octanol–water partition coefficient (Wildman–Crippen LogP) is 3.10. The molecule has 0 unspecified atom stereocenters. The van der Waals surface area contributed by atoms with E-state index in [9.17, 15) is 18.4 Å². The van der Waals surface area contributed by atoms with Crippen LogP contribution in [0.2, 0.25) is 0 Å². The largest absolute Gasteiger partial charge is 0.343 e. The van der Waals surface area contributed by atoms with Crippen LogP contribution in [0, 0.1) is 11.6 Å². The van der Waals surface area contributed by atoms with Crippen molar-refractivity contribution in [3.63, 3.8) is 0 Å². The van der Waals surface area contributed by atoms with E-state index in [-0.39, 0.29) is 12.2 Å². The summed E-state index contributed by atoms with van der Waals surface area (Å²) in [6, 6.07) is 9.26. The Kier molecular flexibility index (Phi) is 5.21. The summed E-state index contributed by atoms with van der Waals surface area (Å²) < 4.78 is 26.8. The second-order valence-electron chi connectivity index (χ2n) is 4.40. The highest BCUT2D eigenvalue weighted by molar-refractivity contribution is 9.10. The first-order valence-corrected chi connectivity index (χ1v) is 7.03. The lowest BCUT2D eigenvalue weighted by Crippen LogP contribution is -2.32. The van der Waals surface area contributed by atoms with Crippen LogP contribution in [0.3, 0.4) is 0 Å². The minimum atomic E-state index is -0.797. The van der Waals surface area contributed by atoms with Gasteiger partial charge in [0.05, 0.1) is 6.54 Å². The summed E-state index contributed by atoms with van der Waals surface area (Å²) >= 11 is 3.25. The maximum Gasteiger partial charge on any atom is 0.251 e. The van der Waals surface area contributed by atoms with Crippen molar-refractivity contribution < 1.29 is 18.4 Å². The lowest BCUT2D eigenvalue weighted by atomic mass is 10.2. The Hall–Kier alpha value is -2.28. The van der Waals surface area contributed by atoms with Crippen LogP contribution in [0.25, 0.3) is 0 Å². The first-order valence-electron chi connectivity index (χ1n) is 6.24. The standard InChI is InChI=1S/C15H11BrF2N2O2/c16-10-3-1-9(2-4-10)15(22)19-8-14(21)20-13-6-11(17)5-12(18)7-13/h1-7H,8H2,(H,19,22)(H,20,21). The van der Waals surface area contributed by atoms with Gasteiger partial charge in [-0.2, -0.15) is 0 Å². The highest BCUT2D eigenvalue weighted by atomic mass is 79.9. The molecule has 0 aliphatic heterocycles. The summed E-state index contributed by atoms with van der Waals surface area (Å²) in [4.78, 5) is 23.4. The Morgan fingerprint density at radius 1 is 1.00 bits per heavy atom. The average Bonchev–Trinajstić information content (AvgIpc) is 2.44. The van der Waals surface area contributed by atoms with Gasteiger partial charge in [0, 0.05) is 21.8 Å². The molecule has 114 valence electrons. The molecular weight excluding hydrogens is 358 g/mol. The zero-order valence-electron chi connectivity index (χ0n) is 11.2. The van der Waals surface area contributed by atoms with E-state index >= 15 is 0 Å². The summed E-state index contributed by atoms with van der Waals surface area (Å²) in [5, 5.41) is 4.71. The molecule has 0 heterocycles. The third-order valence-electron chi connectivity index (χ3n) is 2.66. The summed E-state index contributed by atoms with van der Waals surface area (Å²) in [6.45, 7) is -0.312. The van der Waals surface area contributed by atoms with Gasteiger partial charge in [-0.25, -0.2) is 8.78 Å². The van der Waals surface area contributed by atoms with E-state index in [0.717, 1.165) is 16.6 Å². The molecule has 0 saturated heterocycles. The quantitative estimate of drug-likeness (QED) is 0.870. The zero-order valence-corrected chi connectivity index (χ0v) is 12.8. The third-order valence-corrected chi connectivity index (χ3v) is 3.19. The molecule has 0 aliphatic rings. The Balaban J connectivity index is 1.89. The molecule has 0 fully saturated rings. The number of amides is 2. The van der Waals surface area contributed by atoms with E-state index in [4.69, 9.17) is 0 Å². The summed E-state index contributed by atoms with van der Waals surface area (Å²) in [5.74, 6) is -2.60. The Labute approximate surface area is 133 Å². The molecule has 0 radical (unpaired) electrons. The Morgan fingerprint density at radius 2 is 1.59 bits per heavy atom. The van der Waals surface area contributed by atoms with Crippen molar-refractivity contribution in [2.75, 3.05) is 11.9 Å². The minimum absolute atomic E-state index is 0.0135. The normalized spacial score (nSPS) is 10.1. The fraction of sp³-hybridized carbons (Fsp3) is 0.0667. The lowest BCUT2D eigenvalue weighted by Gasteiger charge is -2.07. The molecule has 2 N–H and O–H groups in total. The highest BCUT2D eigenvalue weighted by Crippen LogP contribution is 2.13. The van der Waals surface area contributed by atoms with E-state index in [1.807, 2.05) is 0 Å². The van der Waals surface area contributed by atoms with Crippen LogP contribution in [0.15, 0.2) is 46.9 Å². The zero-order chi connectivity index (χ0) is 16.1. The number of carbonyl (C=O) groups excluding carboxylic acids is 2. The molecule has 0 aromatic heterocycles. The molecule has 2 amide bonds. The Morgan fingerprint density at radius 3 is 2.18 bits per heavy atom. The van der Waals surface area contributed by atoms with Gasteiger partial charge in [-0.3, -0.25) is 9.59 Å². The lowest BCUT2D eigenvalue weighted by molar-refractivity contribution is -0.115. The molecule has 22 heavy (non-hydrogen) atoms. The molecule has 7 heteroatoms. The highest BCUT2D eigenvalue weighted by Gasteiger charge is 2.09. The second kappa shape index (κ2) is 7.13. The van der Waals surface area contributed by atoms with Gasteiger partial charge in [-0.15, -0.1) is 0 Å². The van der Waals surface area contributed by atoms with E-state index in [1.54, 1.807) is 24.3 Å². The fourth-order valence-corrected chi connectivity index (χ4v) is 1.96. The molecule has 0 atom stereocenters. The molecule has 0 spiro atoms. The molecule has 0 bridgehead atoms. The number of nitrogens with one attached hydrogen (secondary N) is 2. The number of benzene rings is 2. The smallest absolute Gasteiger partial charge is 0.251 e. The van der Waals surface area contributed by atoms with Crippen LogP contribution in [0.1, 0.15) is 10.4 Å². The summed E-state index contributed by atoms with van der Waals surface area (Å²) in [5.41, 5.74) is 0.383. The molecule has 4 nitrogen and oxygen atoms in total. The van der Waals surface area contributed by atoms with Crippen LogP contribution in [0.5, 0.6) is 0 Å². The first kappa shape index (κ1) is 16.1. The monoisotopic (exact) mass is 368 g/mol. The number of rotatable bonds is 4. The maximum atomic E-state index is 13.0. The van der Waals surface area contributed by atoms with E-state index in [0.29, 0.717) is 11.6 Å². The van der Waals surface area contributed by atoms with E-state index in [2.05, 4.69) is 26.6 Å². The molecule has 0 saturated carbocycles. The SMILES string of the molecule is O=C(CNC(=O)c1ccc(Br)cc1)Nc1cc(F)cc(F)c1. The van der Waals surface area contributed by atoms with Crippen molar-refractivity contribution in [1.29, 1.82) is 0 Å². The van der Waals surface area contributed by atoms with Crippen molar-refractivity contribution in [2.45, 2.75) is 0 Å². The average molecular weight is 369 g/mol. The van der Waals surface area contributed by atoms with E-state index in [1.165, 1.54) is 0 Å². The number of hydrogen-bond acceptors (Lipinski definition) is 2. The van der Waals surface area contributed by atoms with Crippen LogP contribution in [-0.4, -0.2) is 18.4 Å². The van der Waals surface area contributed by atoms with Gasteiger partial charge in [-0.1, -0.05) is 15.9 Å². The number of carbonyl (C=O) groups is 2. The third kappa shape index (κ3) is 4.63. The van der Waals surface area contributed by atoms with Crippen LogP contribution in [0.4, 0.5) is 14.5 Å². The number of anilines is 1. The second-order valence-corrected chi connectivity index (χ2v) is 5.31. The van der Waals surface area contributed by atoms with Gasteiger partial charge in [0.25, 0.3) is 5.91 Å². The van der Waals surface area contributed by atoms with E-state index < -0.39 is 23.4 Å². The van der Waals surface area contributed by atoms with Crippen molar-refractivity contribution in [3.8, 4) is 0 Å². The van der Waals surface area contributed by atoms with Crippen molar-refractivity contribution >= 4 is 33.4 Å². The minimum Gasteiger partial charge on any atom is -0.343 e. The topological polar surface area (TPSA) is 58.2 Å². The van der Waals surface area contributed by atoms with Crippen LogP contribution < -0.4 is 10.6 Å². The van der Waals surface area contributed by atoms with Gasteiger partial charge < -0.3 is 10.6 Å². The summed E-state index contributed by atoms with van der Waals surface area (Å²) in [6.07, 6.45) is 0. The van der Waals surface area contributed by atoms with Crippen molar-refractivity contribution in [2.24, 2.45) is 0 Å². The predicted molar refractivity (Wildman–Crippen MR) is 81.5 cm³/mol. The number of hydrogen-bond donors (Lipinski definition) is 2. The maximum absolute atomic E-state index is 13.0. The molecule has 0 aliphatic carbocycles. The van der Waals surface area contributed by atoms with Gasteiger partial charge in [0.2, 0.25) is 5.91 Å². The van der Waals surface area contributed by atoms with Crippen molar-refractivity contribution in [3.05, 3.63) is 64.1 Å². The van der Waals surface area contributed by atoms with Gasteiger partial charge in [-0.05, 0) is 36.4 Å².